The molecule has 4 N–H and O–H groups in total. The Morgan fingerprint density at radius 1 is 0.900 bits per heavy atom. The fourth-order valence-electron chi connectivity index (χ4n) is 3.13. The van der Waals surface area contributed by atoms with Crippen molar-refractivity contribution in [3.05, 3.63) is 0 Å². The summed E-state index contributed by atoms with van der Waals surface area (Å²) in [5, 5.41) is 30.1. The highest BCUT2D eigenvalue weighted by molar-refractivity contribution is 7.85. The van der Waals surface area contributed by atoms with Gasteiger partial charge in [-0.15, -0.1) is 0 Å². The average molecular weight is 458 g/mol. The van der Waals surface area contributed by atoms with E-state index in [-0.39, 0.29) is 51.6 Å². The number of unbranched alkanes of at least 4 members (excludes halogenated alkanes) is 1. The number of hydrogen-bond donors (Lipinski definition) is 4. The molecule has 4 atom stereocenters. The summed E-state index contributed by atoms with van der Waals surface area (Å²) in [6, 6.07) is 0. The van der Waals surface area contributed by atoms with Crippen molar-refractivity contribution < 1.29 is 37.8 Å². The van der Waals surface area contributed by atoms with Crippen LogP contribution in [0.1, 0.15) is 52.9 Å². The lowest BCUT2D eigenvalue weighted by atomic mass is 10.0. The van der Waals surface area contributed by atoms with Gasteiger partial charge in [-0.2, -0.15) is 8.42 Å². The van der Waals surface area contributed by atoms with E-state index in [0.717, 1.165) is 19.3 Å². The molecular formula is C20H43NO8S. The zero-order valence-electron chi connectivity index (χ0n) is 18.8. The van der Waals surface area contributed by atoms with E-state index in [9.17, 15) is 23.7 Å². The Hall–Kier alpha value is -0.330. The number of nitrogens with zero attached hydrogens (tertiary/aromatic N) is 1. The van der Waals surface area contributed by atoms with Gasteiger partial charge in [-0.1, -0.05) is 33.1 Å². The fraction of sp³-hybridized carbons (Fsp3) is 1.00. The van der Waals surface area contributed by atoms with E-state index in [0.29, 0.717) is 12.5 Å². The monoisotopic (exact) mass is 457 g/mol. The second-order valence-electron chi connectivity index (χ2n) is 8.04. The predicted octanol–water partition coefficient (Wildman–Crippen LogP) is 0.919. The third-order valence-corrected chi connectivity index (χ3v) is 5.47. The lowest BCUT2D eigenvalue weighted by Crippen LogP contribution is -2.44. The molecule has 0 radical (unpaired) electrons. The minimum absolute atomic E-state index is 0.00993. The standard InChI is InChI=1S/C20H43NO8S/c1-4-6-8-18(5-2)14-29-16-20(24)13-21(11-17(3)22)12-19(23)15-28-9-7-10-30(25,26)27/h17-20,22-24H,4-16H2,1-3H3,(H,25,26,27). The normalized spacial score (nSPS) is 16.5. The maximum absolute atomic E-state index is 10.6. The Morgan fingerprint density at radius 3 is 2.00 bits per heavy atom. The Labute approximate surface area is 182 Å². The molecule has 4 unspecified atom stereocenters. The molecule has 0 heterocycles. The molecule has 0 aromatic rings. The summed E-state index contributed by atoms with van der Waals surface area (Å²) in [6.07, 6.45) is 2.39. The molecule has 0 aliphatic heterocycles. The fourth-order valence-corrected chi connectivity index (χ4v) is 3.61. The Bertz CT molecular complexity index is 503. The van der Waals surface area contributed by atoms with Crippen molar-refractivity contribution in [2.45, 2.75) is 71.2 Å². The summed E-state index contributed by atoms with van der Waals surface area (Å²) in [5.74, 6) is 0.103. The number of aliphatic hydroxyl groups excluding tert-OH is 3. The lowest BCUT2D eigenvalue weighted by Gasteiger charge is -2.28. The molecule has 0 bridgehead atoms. The van der Waals surface area contributed by atoms with Gasteiger partial charge in [-0.25, -0.2) is 0 Å². The summed E-state index contributed by atoms with van der Waals surface area (Å²) < 4.78 is 40.9. The van der Waals surface area contributed by atoms with E-state index < -0.39 is 28.4 Å². The molecule has 0 aromatic carbocycles. The second kappa shape index (κ2) is 17.3. The highest BCUT2D eigenvalue weighted by Gasteiger charge is 2.18. The number of aliphatic hydroxyl groups is 3. The van der Waals surface area contributed by atoms with Crippen LogP contribution in [0.25, 0.3) is 0 Å². The zero-order valence-corrected chi connectivity index (χ0v) is 19.6. The highest BCUT2D eigenvalue weighted by Crippen LogP contribution is 2.13. The molecule has 0 aliphatic rings. The summed E-state index contributed by atoms with van der Waals surface area (Å²) in [5.41, 5.74) is 0. The van der Waals surface area contributed by atoms with Gasteiger partial charge < -0.3 is 24.8 Å². The molecule has 0 saturated heterocycles. The van der Waals surface area contributed by atoms with Crippen molar-refractivity contribution in [1.82, 2.24) is 4.90 Å². The van der Waals surface area contributed by atoms with Gasteiger partial charge in [-0.05, 0) is 25.7 Å². The molecule has 0 rings (SSSR count). The summed E-state index contributed by atoms with van der Waals surface area (Å²) in [6.45, 7) is 7.54. The molecular weight excluding hydrogens is 414 g/mol. The van der Waals surface area contributed by atoms with Gasteiger partial charge in [-0.3, -0.25) is 9.45 Å². The van der Waals surface area contributed by atoms with E-state index >= 15 is 0 Å². The maximum atomic E-state index is 10.6. The molecule has 0 saturated carbocycles. The highest BCUT2D eigenvalue weighted by atomic mass is 32.2. The van der Waals surface area contributed by atoms with Gasteiger partial charge in [0.2, 0.25) is 0 Å². The van der Waals surface area contributed by atoms with Crippen LogP contribution in [0.3, 0.4) is 0 Å². The van der Waals surface area contributed by atoms with Crippen LogP contribution in [0.4, 0.5) is 0 Å². The molecule has 0 amide bonds. The van der Waals surface area contributed by atoms with Gasteiger partial charge in [0.05, 0.1) is 37.3 Å². The van der Waals surface area contributed by atoms with Gasteiger partial charge in [0, 0.05) is 32.8 Å². The molecule has 182 valence electrons. The first-order valence-corrected chi connectivity index (χ1v) is 12.5. The number of hydrogen-bond acceptors (Lipinski definition) is 8. The zero-order chi connectivity index (χ0) is 23.0. The quantitative estimate of drug-likeness (QED) is 0.155. The van der Waals surface area contributed by atoms with Crippen LogP contribution in [0.5, 0.6) is 0 Å². The van der Waals surface area contributed by atoms with Crippen molar-refractivity contribution in [2.75, 3.05) is 51.8 Å². The van der Waals surface area contributed by atoms with Crippen molar-refractivity contribution in [2.24, 2.45) is 5.92 Å². The Morgan fingerprint density at radius 2 is 1.50 bits per heavy atom. The average Bonchev–Trinajstić information content (AvgIpc) is 2.62. The van der Waals surface area contributed by atoms with Crippen LogP contribution in [0, 0.1) is 5.92 Å². The van der Waals surface area contributed by atoms with E-state index in [1.165, 1.54) is 6.42 Å². The van der Waals surface area contributed by atoms with E-state index in [1.54, 1.807) is 11.8 Å². The van der Waals surface area contributed by atoms with Crippen LogP contribution < -0.4 is 0 Å². The largest absolute Gasteiger partial charge is 0.392 e. The molecule has 10 heteroatoms. The van der Waals surface area contributed by atoms with Crippen LogP contribution in [-0.4, -0.2) is 103 Å². The predicted molar refractivity (Wildman–Crippen MR) is 116 cm³/mol. The molecule has 0 aromatic heterocycles. The lowest BCUT2D eigenvalue weighted by molar-refractivity contribution is -0.0234. The minimum Gasteiger partial charge on any atom is -0.392 e. The Balaban J connectivity index is 4.26. The van der Waals surface area contributed by atoms with E-state index in [1.807, 2.05) is 0 Å². The first-order valence-electron chi connectivity index (χ1n) is 10.9. The summed E-state index contributed by atoms with van der Waals surface area (Å²) >= 11 is 0. The molecule has 0 spiro atoms. The van der Waals surface area contributed by atoms with Crippen LogP contribution in [0.15, 0.2) is 0 Å². The molecule has 9 nitrogen and oxygen atoms in total. The van der Waals surface area contributed by atoms with Crippen molar-refractivity contribution >= 4 is 10.1 Å². The van der Waals surface area contributed by atoms with Crippen molar-refractivity contribution in [3.8, 4) is 0 Å². The summed E-state index contributed by atoms with van der Waals surface area (Å²) in [7, 11) is -4.01. The third kappa shape index (κ3) is 18.4. The van der Waals surface area contributed by atoms with Crippen LogP contribution >= 0.6 is 0 Å². The third-order valence-electron chi connectivity index (χ3n) is 4.67. The minimum atomic E-state index is -4.01. The Kier molecular flexibility index (Phi) is 17.1. The van der Waals surface area contributed by atoms with Crippen molar-refractivity contribution in [3.63, 3.8) is 0 Å². The first kappa shape index (κ1) is 29.7. The van der Waals surface area contributed by atoms with E-state index in [4.69, 9.17) is 14.0 Å². The second-order valence-corrected chi connectivity index (χ2v) is 9.62. The first-order chi connectivity index (χ1) is 14.1. The van der Waals surface area contributed by atoms with Crippen LogP contribution in [0.2, 0.25) is 0 Å². The maximum Gasteiger partial charge on any atom is 0.264 e. The van der Waals surface area contributed by atoms with Crippen LogP contribution in [-0.2, 0) is 19.6 Å². The van der Waals surface area contributed by atoms with Gasteiger partial charge in [0.1, 0.15) is 0 Å². The molecule has 30 heavy (non-hydrogen) atoms. The van der Waals surface area contributed by atoms with E-state index in [2.05, 4.69) is 13.8 Å². The summed E-state index contributed by atoms with van der Waals surface area (Å²) in [4.78, 5) is 1.75. The number of rotatable bonds is 20. The topological polar surface area (TPSA) is 137 Å². The van der Waals surface area contributed by atoms with Gasteiger partial charge >= 0.3 is 0 Å². The van der Waals surface area contributed by atoms with Crippen molar-refractivity contribution in [1.29, 1.82) is 0 Å². The smallest absolute Gasteiger partial charge is 0.264 e. The van der Waals surface area contributed by atoms with Gasteiger partial charge in [0.15, 0.2) is 0 Å². The SMILES string of the molecule is CCCCC(CC)COCC(O)CN(CC(C)O)CC(O)COCCCS(=O)(=O)O. The molecule has 0 aliphatic carbocycles. The van der Waals surface area contributed by atoms with Gasteiger partial charge in [0.25, 0.3) is 10.1 Å². The molecule has 0 fully saturated rings. The number of ether oxygens (including phenoxy) is 2.